The van der Waals surface area contributed by atoms with Crippen molar-refractivity contribution in [2.75, 3.05) is 29.9 Å². The third kappa shape index (κ3) is 4.82. The summed E-state index contributed by atoms with van der Waals surface area (Å²) < 4.78 is 0. The number of hydrogen-bond acceptors (Lipinski definition) is 3. The lowest BCUT2D eigenvalue weighted by atomic mass is 10.1. The van der Waals surface area contributed by atoms with Crippen LogP contribution < -0.4 is 20.9 Å². The lowest BCUT2D eigenvalue weighted by Gasteiger charge is -2.23. The van der Waals surface area contributed by atoms with Gasteiger partial charge in [-0.1, -0.05) is 30.3 Å². The summed E-state index contributed by atoms with van der Waals surface area (Å²) in [4.78, 5) is 27.2. The Bertz CT molecular complexity index is 817. The fraction of sp³-hybridized carbons (Fsp3) is 0.364. The number of hydrogen-bond donors (Lipinski definition) is 3. The SMILES string of the molecule is CCNC(=O)Nc1ccc(N2CCCC2)c(C(=O)NC(C)c2ccccc2)c1. The molecule has 28 heavy (non-hydrogen) atoms. The minimum atomic E-state index is -0.277. The van der Waals surface area contributed by atoms with Crippen LogP contribution in [0.15, 0.2) is 48.5 Å². The van der Waals surface area contributed by atoms with Crippen molar-refractivity contribution in [1.82, 2.24) is 10.6 Å². The number of nitrogens with zero attached hydrogens (tertiary/aromatic N) is 1. The van der Waals surface area contributed by atoms with Crippen molar-refractivity contribution < 1.29 is 9.59 Å². The highest BCUT2D eigenvalue weighted by molar-refractivity contribution is 6.02. The smallest absolute Gasteiger partial charge is 0.319 e. The summed E-state index contributed by atoms with van der Waals surface area (Å²) in [6.45, 7) is 6.26. The lowest BCUT2D eigenvalue weighted by Crippen LogP contribution is -2.30. The van der Waals surface area contributed by atoms with Gasteiger partial charge in [-0.25, -0.2) is 4.79 Å². The second-order valence-corrected chi connectivity index (χ2v) is 7.02. The second-order valence-electron chi connectivity index (χ2n) is 7.02. The van der Waals surface area contributed by atoms with Crippen molar-refractivity contribution >= 4 is 23.3 Å². The predicted molar refractivity (Wildman–Crippen MR) is 113 cm³/mol. The zero-order chi connectivity index (χ0) is 19.9. The van der Waals surface area contributed by atoms with Crippen LogP contribution in [-0.2, 0) is 0 Å². The maximum Gasteiger partial charge on any atom is 0.319 e. The normalized spacial score (nSPS) is 14.4. The Morgan fingerprint density at radius 3 is 2.46 bits per heavy atom. The average molecular weight is 380 g/mol. The van der Waals surface area contributed by atoms with Gasteiger partial charge in [-0.2, -0.15) is 0 Å². The number of amides is 3. The van der Waals surface area contributed by atoms with Gasteiger partial charge in [0, 0.05) is 31.0 Å². The van der Waals surface area contributed by atoms with Gasteiger partial charge in [0.15, 0.2) is 0 Å². The number of urea groups is 1. The van der Waals surface area contributed by atoms with Gasteiger partial charge < -0.3 is 20.9 Å². The van der Waals surface area contributed by atoms with Crippen molar-refractivity contribution in [3.05, 3.63) is 59.7 Å². The zero-order valence-corrected chi connectivity index (χ0v) is 16.5. The molecule has 2 aromatic carbocycles. The number of carbonyl (C=O) groups excluding carboxylic acids is 2. The molecule has 3 amide bonds. The van der Waals surface area contributed by atoms with E-state index in [2.05, 4.69) is 20.9 Å². The van der Waals surface area contributed by atoms with Crippen LogP contribution in [0.2, 0.25) is 0 Å². The molecule has 3 rings (SSSR count). The predicted octanol–water partition coefficient (Wildman–Crippen LogP) is 3.92. The molecule has 1 saturated heterocycles. The maximum absolute atomic E-state index is 13.1. The number of nitrogens with one attached hydrogen (secondary N) is 3. The first-order chi connectivity index (χ1) is 13.6. The molecule has 6 heteroatoms. The van der Waals surface area contributed by atoms with Gasteiger partial charge in [0.25, 0.3) is 5.91 Å². The van der Waals surface area contributed by atoms with E-state index in [1.807, 2.05) is 56.3 Å². The van der Waals surface area contributed by atoms with E-state index in [1.165, 1.54) is 0 Å². The van der Waals surface area contributed by atoms with E-state index < -0.39 is 0 Å². The first kappa shape index (κ1) is 19.7. The Labute approximate surface area is 166 Å². The summed E-state index contributed by atoms with van der Waals surface area (Å²) >= 11 is 0. The molecule has 1 aliphatic rings. The van der Waals surface area contributed by atoms with Crippen LogP contribution >= 0.6 is 0 Å². The maximum atomic E-state index is 13.1. The average Bonchev–Trinajstić information content (AvgIpc) is 3.23. The Morgan fingerprint density at radius 1 is 1.07 bits per heavy atom. The molecule has 0 aromatic heterocycles. The monoisotopic (exact) mass is 380 g/mol. The van der Waals surface area contributed by atoms with Gasteiger partial charge in [-0.05, 0) is 50.5 Å². The van der Waals surface area contributed by atoms with Crippen LogP contribution in [0.25, 0.3) is 0 Å². The first-order valence-electron chi connectivity index (χ1n) is 9.88. The Morgan fingerprint density at radius 2 is 1.79 bits per heavy atom. The lowest BCUT2D eigenvalue weighted by molar-refractivity contribution is 0.0940. The van der Waals surface area contributed by atoms with E-state index in [4.69, 9.17) is 0 Å². The molecule has 0 spiro atoms. The number of anilines is 2. The highest BCUT2D eigenvalue weighted by atomic mass is 16.2. The van der Waals surface area contributed by atoms with Gasteiger partial charge in [0.2, 0.25) is 0 Å². The molecule has 0 bridgehead atoms. The van der Waals surface area contributed by atoms with Crippen molar-refractivity contribution in [2.45, 2.75) is 32.7 Å². The molecule has 2 aromatic rings. The minimum Gasteiger partial charge on any atom is -0.371 e. The molecular formula is C22H28N4O2. The molecule has 0 radical (unpaired) electrons. The van der Waals surface area contributed by atoms with Gasteiger partial charge in [-0.15, -0.1) is 0 Å². The van der Waals surface area contributed by atoms with Gasteiger partial charge in [0.05, 0.1) is 11.6 Å². The Hall–Kier alpha value is -3.02. The molecule has 1 heterocycles. The molecule has 1 fully saturated rings. The largest absolute Gasteiger partial charge is 0.371 e. The third-order valence-electron chi connectivity index (χ3n) is 4.93. The van der Waals surface area contributed by atoms with Crippen molar-refractivity contribution in [1.29, 1.82) is 0 Å². The molecule has 6 nitrogen and oxygen atoms in total. The van der Waals surface area contributed by atoms with Gasteiger partial charge >= 0.3 is 6.03 Å². The van der Waals surface area contributed by atoms with E-state index in [1.54, 1.807) is 6.07 Å². The number of benzene rings is 2. The van der Waals surface area contributed by atoms with Crippen molar-refractivity contribution in [3.63, 3.8) is 0 Å². The highest BCUT2D eigenvalue weighted by Crippen LogP contribution is 2.28. The highest BCUT2D eigenvalue weighted by Gasteiger charge is 2.21. The van der Waals surface area contributed by atoms with E-state index in [0.29, 0.717) is 17.8 Å². The Balaban J connectivity index is 1.84. The van der Waals surface area contributed by atoms with E-state index >= 15 is 0 Å². The summed E-state index contributed by atoms with van der Waals surface area (Å²) in [6.07, 6.45) is 2.25. The number of rotatable bonds is 6. The summed E-state index contributed by atoms with van der Waals surface area (Å²) in [5, 5.41) is 8.59. The van der Waals surface area contributed by atoms with Crippen LogP contribution in [0.4, 0.5) is 16.2 Å². The van der Waals surface area contributed by atoms with Crippen molar-refractivity contribution in [2.24, 2.45) is 0 Å². The van der Waals surface area contributed by atoms with Crippen LogP contribution in [0.5, 0.6) is 0 Å². The third-order valence-corrected chi connectivity index (χ3v) is 4.93. The Kier molecular flexibility index (Phi) is 6.53. The summed E-state index contributed by atoms with van der Waals surface area (Å²) in [6, 6.07) is 15.0. The van der Waals surface area contributed by atoms with E-state index in [9.17, 15) is 9.59 Å². The minimum absolute atomic E-state index is 0.111. The molecule has 148 valence electrons. The van der Waals surface area contributed by atoms with Crippen LogP contribution in [-0.4, -0.2) is 31.6 Å². The summed E-state index contributed by atoms with van der Waals surface area (Å²) in [5.74, 6) is -0.141. The van der Waals surface area contributed by atoms with Crippen LogP contribution in [0.1, 0.15) is 48.7 Å². The van der Waals surface area contributed by atoms with Gasteiger partial charge in [-0.3, -0.25) is 4.79 Å². The standard InChI is InChI=1S/C22H28N4O2/c1-3-23-22(28)25-18-11-12-20(26-13-7-8-14-26)19(15-18)21(27)24-16(2)17-9-5-4-6-10-17/h4-6,9-12,15-16H,3,7-8,13-14H2,1-2H3,(H,24,27)(H2,23,25,28). The quantitative estimate of drug-likeness (QED) is 0.711. The molecule has 0 saturated carbocycles. The molecule has 1 aliphatic heterocycles. The molecule has 1 atom stereocenters. The van der Waals surface area contributed by atoms with E-state index in [-0.39, 0.29) is 18.0 Å². The second kappa shape index (κ2) is 9.26. The van der Waals surface area contributed by atoms with Crippen molar-refractivity contribution in [3.8, 4) is 0 Å². The fourth-order valence-electron chi connectivity index (χ4n) is 3.46. The van der Waals surface area contributed by atoms with Gasteiger partial charge in [0.1, 0.15) is 0 Å². The molecule has 1 unspecified atom stereocenters. The molecule has 0 aliphatic carbocycles. The molecular weight excluding hydrogens is 352 g/mol. The molecule has 3 N–H and O–H groups in total. The first-order valence-corrected chi connectivity index (χ1v) is 9.88. The summed E-state index contributed by atoms with van der Waals surface area (Å²) in [7, 11) is 0. The zero-order valence-electron chi connectivity index (χ0n) is 16.5. The van der Waals surface area contributed by atoms with Crippen LogP contribution in [0, 0.1) is 0 Å². The summed E-state index contributed by atoms with van der Waals surface area (Å²) in [5.41, 5.74) is 3.15. The van der Waals surface area contributed by atoms with E-state index in [0.717, 1.165) is 37.2 Å². The topological polar surface area (TPSA) is 73.5 Å². The number of carbonyl (C=O) groups is 2. The fourth-order valence-corrected chi connectivity index (χ4v) is 3.46. The van der Waals surface area contributed by atoms with Crippen LogP contribution in [0.3, 0.4) is 0 Å².